The fourth-order valence-corrected chi connectivity index (χ4v) is 4.48. The summed E-state index contributed by atoms with van der Waals surface area (Å²) < 4.78 is 26.9. The lowest BCUT2D eigenvalue weighted by Gasteiger charge is -2.01. The van der Waals surface area contributed by atoms with Crippen molar-refractivity contribution < 1.29 is 8.42 Å². The van der Waals surface area contributed by atoms with Gasteiger partial charge in [0.25, 0.3) is 10.0 Å². The van der Waals surface area contributed by atoms with Gasteiger partial charge >= 0.3 is 0 Å². The van der Waals surface area contributed by atoms with Gasteiger partial charge in [0.2, 0.25) is 0 Å². The summed E-state index contributed by atoms with van der Waals surface area (Å²) in [5.41, 5.74) is 1.37. The smallest absolute Gasteiger partial charge is 0.255 e. The van der Waals surface area contributed by atoms with Crippen molar-refractivity contribution in [3.8, 4) is 11.4 Å². The van der Waals surface area contributed by atoms with Gasteiger partial charge in [0.1, 0.15) is 9.90 Å². The molecule has 0 bridgehead atoms. The maximum Gasteiger partial charge on any atom is 0.273 e. The van der Waals surface area contributed by atoms with Crippen LogP contribution in [0.3, 0.4) is 0 Å². The third kappa shape index (κ3) is 2.72. The standard InChI is InChI=1S/C12H9N3O2S3/c16-20(17,11-5-3-7-18-11)15-12-14-10(8-19-12)9-4-1-2-6-13-9/h1-8H,(H,14,15). The Morgan fingerprint density at radius 2 is 1.95 bits per heavy atom. The van der Waals surface area contributed by atoms with Gasteiger partial charge in [-0.2, -0.15) is 0 Å². The monoisotopic (exact) mass is 323 g/mol. The average Bonchev–Trinajstić information content (AvgIpc) is 3.10. The molecule has 3 aromatic heterocycles. The van der Waals surface area contributed by atoms with E-state index in [2.05, 4.69) is 14.7 Å². The predicted molar refractivity (Wildman–Crippen MR) is 80.5 cm³/mol. The first kappa shape index (κ1) is 13.2. The summed E-state index contributed by atoms with van der Waals surface area (Å²) in [6.07, 6.45) is 1.67. The van der Waals surface area contributed by atoms with Crippen LogP contribution in [-0.4, -0.2) is 18.4 Å². The molecule has 0 aliphatic heterocycles. The van der Waals surface area contributed by atoms with E-state index in [1.807, 2.05) is 18.2 Å². The van der Waals surface area contributed by atoms with Crippen molar-refractivity contribution in [3.63, 3.8) is 0 Å². The minimum absolute atomic E-state index is 0.270. The van der Waals surface area contributed by atoms with E-state index >= 15 is 0 Å². The molecule has 3 rings (SSSR count). The molecular weight excluding hydrogens is 314 g/mol. The molecule has 0 unspecified atom stereocenters. The molecule has 0 aromatic carbocycles. The van der Waals surface area contributed by atoms with Crippen molar-refractivity contribution in [2.75, 3.05) is 4.72 Å². The number of hydrogen-bond donors (Lipinski definition) is 1. The molecule has 102 valence electrons. The molecule has 1 N–H and O–H groups in total. The number of pyridine rings is 1. The number of thiazole rings is 1. The second-order valence-electron chi connectivity index (χ2n) is 3.79. The quantitative estimate of drug-likeness (QED) is 0.801. The van der Waals surface area contributed by atoms with Crippen LogP contribution in [0.2, 0.25) is 0 Å². The summed E-state index contributed by atoms with van der Waals surface area (Å²) in [4.78, 5) is 8.42. The lowest BCUT2D eigenvalue weighted by molar-refractivity contribution is 0.603. The van der Waals surface area contributed by atoms with Crippen molar-refractivity contribution in [2.45, 2.75) is 4.21 Å². The molecule has 20 heavy (non-hydrogen) atoms. The summed E-state index contributed by atoms with van der Waals surface area (Å²) in [6, 6.07) is 8.75. The van der Waals surface area contributed by atoms with Gasteiger partial charge in [-0.1, -0.05) is 12.1 Å². The summed E-state index contributed by atoms with van der Waals surface area (Å²) in [5.74, 6) is 0. The number of hydrogen-bond acceptors (Lipinski definition) is 6. The molecule has 0 amide bonds. The number of nitrogens with one attached hydrogen (secondary N) is 1. The van der Waals surface area contributed by atoms with E-state index in [9.17, 15) is 8.42 Å². The Morgan fingerprint density at radius 1 is 1.05 bits per heavy atom. The fourth-order valence-electron chi connectivity index (χ4n) is 1.53. The Kier molecular flexibility index (Phi) is 3.51. The maximum absolute atomic E-state index is 12.1. The highest BCUT2D eigenvalue weighted by atomic mass is 32.2. The molecular formula is C12H9N3O2S3. The Hall–Kier alpha value is -1.77. The maximum atomic E-state index is 12.1. The van der Waals surface area contributed by atoms with Gasteiger partial charge in [-0.25, -0.2) is 13.4 Å². The number of sulfonamides is 1. The largest absolute Gasteiger partial charge is 0.273 e. The second-order valence-corrected chi connectivity index (χ2v) is 7.51. The van der Waals surface area contributed by atoms with E-state index in [-0.39, 0.29) is 4.21 Å². The number of rotatable bonds is 4. The van der Waals surface area contributed by atoms with Gasteiger partial charge in [0.15, 0.2) is 5.13 Å². The van der Waals surface area contributed by atoms with Crippen molar-refractivity contribution in [2.24, 2.45) is 0 Å². The van der Waals surface area contributed by atoms with Gasteiger partial charge in [-0.05, 0) is 23.6 Å². The first-order valence-electron chi connectivity index (χ1n) is 5.58. The van der Waals surface area contributed by atoms with Crippen molar-refractivity contribution >= 4 is 37.8 Å². The third-order valence-corrected chi connectivity index (χ3v) is 6.04. The van der Waals surface area contributed by atoms with E-state index in [1.165, 1.54) is 22.7 Å². The first-order chi connectivity index (χ1) is 9.65. The van der Waals surface area contributed by atoms with Crippen LogP contribution in [0, 0.1) is 0 Å². The van der Waals surface area contributed by atoms with Crippen LogP contribution < -0.4 is 4.72 Å². The van der Waals surface area contributed by atoms with Gasteiger partial charge < -0.3 is 0 Å². The summed E-state index contributed by atoms with van der Waals surface area (Å²) >= 11 is 2.40. The van der Waals surface area contributed by atoms with Crippen LogP contribution in [0.5, 0.6) is 0 Å². The van der Waals surface area contributed by atoms with E-state index in [0.29, 0.717) is 16.5 Å². The van der Waals surface area contributed by atoms with Crippen LogP contribution >= 0.6 is 22.7 Å². The van der Waals surface area contributed by atoms with E-state index in [0.717, 1.165) is 0 Å². The first-order valence-corrected chi connectivity index (χ1v) is 8.83. The number of aromatic nitrogens is 2. The Bertz CT molecular complexity index is 796. The molecule has 0 fully saturated rings. The van der Waals surface area contributed by atoms with Crippen molar-refractivity contribution in [1.82, 2.24) is 9.97 Å². The van der Waals surface area contributed by atoms with Gasteiger partial charge in [-0.3, -0.25) is 9.71 Å². The van der Waals surface area contributed by atoms with Crippen molar-refractivity contribution in [3.05, 3.63) is 47.3 Å². The number of anilines is 1. The second kappa shape index (κ2) is 5.31. The minimum atomic E-state index is -3.54. The van der Waals surface area contributed by atoms with Crippen LogP contribution in [0.1, 0.15) is 0 Å². The van der Waals surface area contributed by atoms with Gasteiger partial charge in [-0.15, -0.1) is 22.7 Å². The molecule has 0 saturated carbocycles. The fraction of sp³-hybridized carbons (Fsp3) is 0. The summed E-state index contributed by atoms with van der Waals surface area (Å²) in [5, 5.41) is 3.82. The molecule has 0 spiro atoms. The van der Waals surface area contributed by atoms with Crippen LogP contribution in [0.4, 0.5) is 5.13 Å². The van der Waals surface area contributed by atoms with Crippen LogP contribution in [-0.2, 0) is 10.0 Å². The molecule has 5 nitrogen and oxygen atoms in total. The summed E-state index contributed by atoms with van der Waals surface area (Å²) in [6.45, 7) is 0. The zero-order valence-electron chi connectivity index (χ0n) is 10.1. The molecule has 0 aliphatic carbocycles. The van der Waals surface area contributed by atoms with Crippen LogP contribution in [0.15, 0.2) is 51.5 Å². The predicted octanol–water partition coefficient (Wildman–Crippen LogP) is 3.07. The lowest BCUT2D eigenvalue weighted by atomic mass is 10.3. The molecule has 3 heterocycles. The van der Waals surface area contributed by atoms with E-state index < -0.39 is 10.0 Å². The van der Waals surface area contributed by atoms with E-state index in [1.54, 1.807) is 29.1 Å². The Labute approximate surface area is 124 Å². The molecule has 8 heteroatoms. The zero-order chi connectivity index (χ0) is 14.0. The molecule has 3 aromatic rings. The van der Waals surface area contributed by atoms with Crippen molar-refractivity contribution in [1.29, 1.82) is 0 Å². The highest BCUT2D eigenvalue weighted by Gasteiger charge is 2.17. The summed E-state index contributed by atoms with van der Waals surface area (Å²) in [7, 11) is -3.54. The number of thiophene rings is 1. The highest BCUT2D eigenvalue weighted by molar-refractivity contribution is 7.94. The molecule has 0 atom stereocenters. The van der Waals surface area contributed by atoms with E-state index in [4.69, 9.17) is 0 Å². The minimum Gasteiger partial charge on any atom is -0.255 e. The lowest BCUT2D eigenvalue weighted by Crippen LogP contribution is -2.11. The third-order valence-electron chi connectivity index (χ3n) is 2.41. The van der Waals surface area contributed by atoms with Gasteiger partial charge in [0.05, 0.1) is 5.69 Å². The molecule has 0 saturated heterocycles. The Morgan fingerprint density at radius 3 is 2.65 bits per heavy atom. The molecule has 0 radical (unpaired) electrons. The molecule has 0 aliphatic rings. The topological polar surface area (TPSA) is 72.0 Å². The SMILES string of the molecule is O=S(=O)(Nc1nc(-c2ccccn2)cs1)c1cccs1. The average molecular weight is 323 g/mol. The van der Waals surface area contributed by atoms with Gasteiger partial charge in [0, 0.05) is 11.6 Å². The highest BCUT2D eigenvalue weighted by Crippen LogP contribution is 2.26. The number of nitrogens with zero attached hydrogens (tertiary/aromatic N) is 2. The zero-order valence-corrected chi connectivity index (χ0v) is 12.5. The normalized spacial score (nSPS) is 11.4. The Balaban J connectivity index is 1.85. The van der Waals surface area contributed by atoms with Crippen LogP contribution in [0.25, 0.3) is 11.4 Å².